The quantitative estimate of drug-likeness (QED) is 0.208. The SMILES string of the molecule is NC(=O)c1cc2c(OC[C@H](O)CN3Cc4ccccc4C[C@H]3C(=O)N3CCN(C(c4ccccc4)c4ccccc4)CC3)cccc2[nH]1. The van der Waals surface area contributed by atoms with Crippen LogP contribution in [-0.2, 0) is 17.8 Å². The minimum Gasteiger partial charge on any atom is -0.490 e. The van der Waals surface area contributed by atoms with E-state index in [0.717, 1.165) is 24.0 Å². The summed E-state index contributed by atoms with van der Waals surface area (Å²) in [6.45, 7) is 3.70. The van der Waals surface area contributed by atoms with Gasteiger partial charge in [-0.3, -0.25) is 19.4 Å². The highest BCUT2D eigenvalue weighted by atomic mass is 16.5. The monoisotopic (exact) mass is 643 g/mol. The lowest BCUT2D eigenvalue weighted by molar-refractivity contribution is -0.140. The molecule has 9 nitrogen and oxygen atoms in total. The van der Waals surface area contributed by atoms with Gasteiger partial charge in [0.15, 0.2) is 0 Å². The standard InChI is InChI=1S/C39H41N5O4/c40-38(46)34-23-32-33(41-34)16-9-17-36(32)48-26-31(45)25-44-24-30-15-8-7-14-29(30)22-35(44)39(47)43-20-18-42(19-21-43)37(27-10-3-1-4-11-27)28-12-5-2-6-13-28/h1-17,23,31,35,37,41,45H,18-22,24-26H2,(H2,40,46)/t31-,35+/m1/s1. The highest BCUT2D eigenvalue weighted by Crippen LogP contribution is 2.31. The zero-order valence-corrected chi connectivity index (χ0v) is 26.9. The molecule has 0 spiro atoms. The van der Waals surface area contributed by atoms with Crippen LogP contribution < -0.4 is 10.5 Å². The Morgan fingerprint density at radius 1 is 0.833 bits per heavy atom. The van der Waals surface area contributed by atoms with E-state index in [1.165, 1.54) is 22.3 Å². The number of amides is 2. The Kier molecular flexibility index (Phi) is 9.25. The summed E-state index contributed by atoms with van der Waals surface area (Å²) >= 11 is 0. The Balaban J connectivity index is 1.04. The Morgan fingerprint density at radius 3 is 2.15 bits per heavy atom. The second kappa shape index (κ2) is 14.0. The highest BCUT2D eigenvalue weighted by molar-refractivity contribution is 5.98. The molecule has 48 heavy (non-hydrogen) atoms. The van der Waals surface area contributed by atoms with E-state index in [1.54, 1.807) is 12.1 Å². The zero-order valence-electron chi connectivity index (χ0n) is 26.9. The normalized spacial score (nSPS) is 17.7. The molecule has 0 unspecified atom stereocenters. The second-order valence-electron chi connectivity index (χ2n) is 12.7. The predicted molar refractivity (Wildman–Crippen MR) is 186 cm³/mol. The number of rotatable bonds is 10. The molecular formula is C39H41N5O4. The van der Waals surface area contributed by atoms with Crippen LogP contribution in [-0.4, -0.2) is 88.1 Å². The van der Waals surface area contributed by atoms with Gasteiger partial charge in [0, 0.05) is 50.2 Å². The minimum absolute atomic E-state index is 0.0360. The summed E-state index contributed by atoms with van der Waals surface area (Å²) in [5, 5.41) is 11.9. The van der Waals surface area contributed by atoms with E-state index in [4.69, 9.17) is 10.5 Å². The lowest BCUT2D eigenvalue weighted by atomic mass is 9.92. The number of hydrogen-bond donors (Lipinski definition) is 3. The Labute approximate surface area is 280 Å². The lowest BCUT2D eigenvalue weighted by Gasteiger charge is -2.43. The number of β-amino-alcohol motifs (C(OH)–C–C–N with tert-alkyl or cyclic N) is 1. The molecule has 0 saturated carbocycles. The van der Waals surface area contributed by atoms with Gasteiger partial charge in [0.25, 0.3) is 5.91 Å². The number of carbonyl (C=O) groups is 2. The largest absolute Gasteiger partial charge is 0.490 e. The van der Waals surface area contributed by atoms with Crippen molar-refractivity contribution in [2.45, 2.75) is 31.2 Å². The summed E-state index contributed by atoms with van der Waals surface area (Å²) in [6, 6.07) is 36.3. The van der Waals surface area contributed by atoms with Gasteiger partial charge in [0.1, 0.15) is 24.2 Å². The van der Waals surface area contributed by atoms with Crippen molar-refractivity contribution in [2.75, 3.05) is 39.3 Å². The van der Waals surface area contributed by atoms with E-state index in [9.17, 15) is 14.7 Å². The van der Waals surface area contributed by atoms with E-state index in [2.05, 4.69) is 75.4 Å². The van der Waals surface area contributed by atoms with Crippen molar-refractivity contribution in [1.82, 2.24) is 19.7 Å². The van der Waals surface area contributed by atoms with Crippen molar-refractivity contribution < 1.29 is 19.4 Å². The molecule has 0 radical (unpaired) electrons. The van der Waals surface area contributed by atoms with Crippen molar-refractivity contribution >= 4 is 22.7 Å². The third kappa shape index (κ3) is 6.71. The van der Waals surface area contributed by atoms with Crippen molar-refractivity contribution in [2.24, 2.45) is 5.73 Å². The van der Waals surface area contributed by atoms with Crippen molar-refractivity contribution in [3.63, 3.8) is 0 Å². The average molecular weight is 644 g/mol. The summed E-state index contributed by atoms with van der Waals surface area (Å²) in [5.74, 6) is 0.102. The molecule has 3 heterocycles. The molecule has 1 fully saturated rings. The maximum Gasteiger partial charge on any atom is 0.265 e. The molecule has 9 heteroatoms. The first kappa shape index (κ1) is 31.6. The van der Waals surface area contributed by atoms with E-state index in [1.807, 2.05) is 41.3 Å². The number of nitrogens with two attached hydrogens (primary N) is 1. The molecule has 4 N–H and O–H groups in total. The van der Waals surface area contributed by atoms with Crippen LogP contribution in [0.5, 0.6) is 5.75 Å². The number of aromatic nitrogens is 1. The second-order valence-corrected chi connectivity index (χ2v) is 12.7. The smallest absolute Gasteiger partial charge is 0.265 e. The average Bonchev–Trinajstić information content (AvgIpc) is 3.57. The molecule has 2 aliphatic rings. The molecule has 246 valence electrons. The molecule has 2 aliphatic heterocycles. The molecule has 7 rings (SSSR count). The van der Waals surface area contributed by atoms with Gasteiger partial charge < -0.3 is 25.5 Å². The van der Waals surface area contributed by atoms with Gasteiger partial charge in [0.2, 0.25) is 5.91 Å². The molecule has 0 aliphatic carbocycles. The van der Waals surface area contributed by atoms with Gasteiger partial charge in [0.05, 0.1) is 12.1 Å². The van der Waals surface area contributed by atoms with Gasteiger partial charge in [-0.1, -0.05) is 91.0 Å². The van der Waals surface area contributed by atoms with Crippen LogP contribution in [0.4, 0.5) is 0 Å². The number of nitrogens with one attached hydrogen (secondary N) is 1. The number of ether oxygens (including phenoxy) is 1. The molecular weight excluding hydrogens is 602 g/mol. The van der Waals surface area contributed by atoms with E-state index < -0.39 is 12.0 Å². The summed E-state index contributed by atoms with van der Waals surface area (Å²) in [4.78, 5) is 35.5. The number of aromatic amines is 1. The van der Waals surface area contributed by atoms with Crippen LogP contribution in [0.15, 0.2) is 109 Å². The molecule has 5 aromatic rings. The molecule has 0 bridgehead atoms. The maximum absolute atomic E-state index is 14.3. The first-order chi connectivity index (χ1) is 23.4. The third-order valence-corrected chi connectivity index (χ3v) is 9.62. The number of primary amides is 1. The van der Waals surface area contributed by atoms with Crippen LogP contribution in [0.3, 0.4) is 0 Å². The predicted octanol–water partition coefficient (Wildman–Crippen LogP) is 4.37. The first-order valence-corrected chi connectivity index (χ1v) is 16.6. The van der Waals surface area contributed by atoms with Gasteiger partial charge in [-0.05, 0) is 46.9 Å². The van der Waals surface area contributed by atoms with Gasteiger partial charge >= 0.3 is 0 Å². The highest BCUT2D eigenvalue weighted by Gasteiger charge is 2.37. The van der Waals surface area contributed by atoms with Crippen LogP contribution in [0, 0.1) is 0 Å². The fourth-order valence-corrected chi connectivity index (χ4v) is 7.20. The number of nitrogens with zero attached hydrogens (tertiary/aromatic N) is 3. The van der Waals surface area contributed by atoms with Crippen LogP contribution >= 0.6 is 0 Å². The molecule has 1 saturated heterocycles. The van der Waals surface area contributed by atoms with E-state index in [-0.39, 0.29) is 31.1 Å². The summed E-state index contributed by atoms with van der Waals surface area (Å²) in [5.41, 5.74) is 11.3. The molecule has 1 aromatic heterocycles. The summed E-state index contributed by atoms with van der Waals surface area (Å²) in [7, 11) is 0. The molecule has 2 amide bonds. The Bertz CT molecular complexity index is 1830. The van der Waals surface area contributed by atoms with Crippen molar-refractivity contribution in [3.05, 3.63) is 137 Å². The summed E-state index contributed by atoms with van der Waals surface area (Å²) < 4.78 is 6.05. The number of aliphatic hydroxyl groups is 1. The van der Waals surface area contributed by atoms with Crippen LogP contribution in [0.25, 0.3) is 10.9 Å². The maximum atomic E-state index is 14.3. The van der Waals surface area contributed by atoms with Crippen molar-refractivity contribution in [3.8, 4) is 5.75 Å². The lowest BCUT2D eigenvalue weighted by Crippen LogP contribution is -2.57. The van der Waals surface area contributed by atoms with Crippen molar-refractivity contribution in [1.29, 1.82) is 0 Å². The fraction of sp³-hybridized carbons (Fsp3) is 0.282. The topological polar surface area (TPSA) is 115 Å². The van der Waals surface area contributed by atoms with Gasteiger partial charge in [-0.2, -0.15) is 0 Å². The number of aliphatic hydroxyl groups excluding tert-OH is 1. The summed E-state index contributed by atoms with van der Waals surface area (Å²) in [6.07, 6.45) is -0.248. The number of carbonyl (C=O) groups excluding carboxylic acids is 2. The van der Waals surface area contributed by atoms with E-state index >= 15 is 0 Å². The first-order valence-electron chi connectivity index (χ1n) is 16.6. The van der Waals surface area contributed by atoms with Crippen LogP contribution in [0.1, 0.15) is 38.8 Å². The molecule has 2 atom stereocenters. The minimum atomic E-state index is -0.843. The Hall–Kier alpha value is -4.96. The number of benzene rings is 4. The Morgan fingerprint density at radius 2 is 1.48 bits per heavy atom. The van der Waals surface area contributed by atoms with E-state index in [0.29, 0.717) is 37.5 Å². The number of H-pyrrole nitrogens is 1. The fourth-order valence-electron chi connectivity index (χ4n) is 7.20. The zero-order chi connectivity index (χ0) is 33.0. The number of hydrogen-bond acceptors (Lipinski definition) is 6. The number of fused-ring (bicyclic) bond motifs is 2. The third-order valence-electron chi connectivity index (χ3n) is 9.62. The van der Waals surface area contributed by atoms with Gasteiger partial charge in [-0.25, -0.2) is 0 Å². The number of piperazine rings is 1. The van der Waals surface area contributed by atoms with Crippen LogP contribution in [0.2, 0.25) is 0 Å². The molecule has 4 aromatic carbocycles. The van der Waals surface area contributed by atoms with Gasteiger partial charge in [-0.15, -0.1) is 0 Å².